The number of aliphatic hydroxyl groups excluding tert-OH is 3. The van der Waals surface area contributed by atoms with Gasteiger partial charge in [-0.3, -0.25) is 0 Å². The first kappa shape index (κ1) is 48.6. The maximum Gasteiger partial charge on any atom is 0.373 e. The molecule has 13 heteroatoms. The van der Waals surface area contributed by atoms with Crippen LogP contribution in [0.1, 0.15) is 81.6 Å². The number of esters is 2. The van der Waals surface area contributed by atoms with Gasteiger partial charge >= 0.3 is 17.9 Å². The van der Waals surface area contributed by atoms with Crippen LogP contribution in [-0.4, -0.2) is 106 Å². The summed E-state index contributed by atoms with van der Waals surface area (Å²) in [5.41, 5.74) is 1.56. The fourth-order valence-corrected chi connectivity index (χ4v) is 7.64. The number of cyclic esters (lactones) is 1. The summed E-state index contributed by atoms with van der Waals surface area (Å²) in [5.74, 6) is -8.60. The van der Waals surface area contributed by atoms with Crippen molar-refractivity contribution < 1.29 is 63.6 Å². The van der Waals surface area contributed by atoms with E-state index >= 15 is 0 Å². The Morgan fingerprint density at radius 2 is 1.75 bits per heavy atom. The Morgan fingerprint density at radius 1 is 1.09 bits per heavy atom. The summed E-state index contributed by atoms with van der Waals surface area (Å²) in [6, 6.07) is 0. The summed E-state index contributed by atoms with van der Waals surface area (Å²) in [4.78, 5) is 37.3. The van der Waals surface area contributed by atoms with Crippen molar-refractivity contribution in [3.8, 4) is 0 Å². The van der Waals surface area contributed by atoms with Gasteiger partial charge in [0, 0.05) is 55.3 Å². The molecule has 0 aromatic heterocycles. The van der Waals surface area contributed by atoms with E-state index in [9.17, 15) is 34.8 Å². The number of methoxy groups -OCH3 is 2. The second kappa shape index (κ2) is 22.4. The van der Waals surface area contributed by atoms with Crippen molar-refractivity contribution >= 4 is 17.9 Å². The summed E-state index contributed by atoms with van der Waals surface area (Å²) in [6.07, 6.45) is 7.61. The lowest BCUT2D eigenvalue weighted by Crippen LogP contribution is -2.58. The summed E-state index contributed by atoms with van der Waals surface area (Å²) in [5, 5.41) is 55.6. The Hall–Kier alpha value is -3.59. The summed E-state index contributed by atoms with van der Waals surface area (Å²) in [7, 11) is 2.76. The molecule has 1 fully saturated rings. The number of rotatable bonds is 11. The van der Waals surface area contributed by atoms with Crippen molar-refractivity contribution in [3.63, 3.8) is 0 Å². The second-order valence-electron chi connectivity index (χ2n) is 15.5. The molecule has 56 heavy (non-hydrogen) atoms. The molecule has 0 aromatic carbocycles. The molecule has 0 aliphatic carbocycles. The number of carbonyl (C=O) groups excluding carboxylic acids is 2. The van der Waals surface area contributed by atoms with Gasteiger partial charge in [0.1, 0.15) is 18.3 Å². The SMILES string of the molecule is C/C=C/[C@H]1O[C@@](O)([C@@H](C)[C@H](O)[C@H](C)C2OC(=O)/C(OC)=C/C(C)=C/[C@@H](C)[C@@H](O)C(CC)[C@@H](O)[C@H](C)C/C(C)=C/C=C[C@@H]2OC)C[C@@H](OC(=O)/C=C/C(=O)O)[C@@H]1C. The van der Waals surface area contributed by atoms with Crippen molar-refractivity contribution in [2.75, 3.05) is 14.2 Å². The average molecular weight is 791 g/mol. The van der Waals surface area contributed by atoms with Crippen LogP contribution < -0.4 is 0 Å². The molecule has 0 saturated carbocycles. The highest BCUT2D eigenvalue weighted by Crippen LogP contribution is 2.41. The van der Waals surface area contributed by atoms with Crippen LogP contribution in [0.15, 0.2) is 71.6 Å². The van der Waals surface area contributed by atoms with E-state index in [4.69, 9.17) is 28.8 Å². The zero-order chi connectivity index (χ0) is 42.5. The molecule has 2 unspecified atom stereocenters. The first-order valence-corrected chi connectivity index (χ1v) is 19.5. The van der Waals surface area contributed by atoms with Gasteiger partial charge in [-0.2, -0.15) is 0 Å². The molecule has 0 bridgehead atoms. The average Bonchev–Trinajstić information content (AvgIpc) is 3.14. The smallest absolute Gasteiger partial charge is 0.373 e. The van der Waals surface area contributed by atoms with Crippen molar-refractivity contribution in [2.24, 2.45) is 35.5 Å². The molecular weight excluding hydrogens is 724 g/mol. The van der Waals surface area contributed by atoms with Crippen molar-refractivity contribution in [1.29, 1.82) is 0 Å². The van der Waals surface area contributed by atoms with E-state index in [1.54, 1.807) is 65.0 Å². The topological polar surface area (TPSA) is 199 Å². The van der Waals surface area contributed by atoms with Gasteiger partial charge in [0.05, 0.1) is 31.5 Å². The molecule has 0 radical (unpaired) electrons. The zero-order valence-corrected chi connectivity index (χ0v) is 34.8. The molecule has 2 aliphatic heterocycles. The van der Waals surface area contributed by atoms with E-state index in [1.807, 2.05) is 33.8 Å². The Labute approximate surface area is 332 Å². The van der Waals surface area contributed by atoms with Gasteiger partial charge in [-0.1, -0.05) is 89.1 Å². The molecule has 13 nitrogen and oxygen atoms in total. The number of hydrogen-bond donors (Lipinski definition) is 5. The largest absolute Gasteiger partial charge is 0.490 e. The van der Waals surface area contributed by atoms with Gasteiger partial charge in [-0.15, -0.1) is 0 Å². The van der Waals surface area contributed by atoms with Crippen LogP contribution in [0.4, 0.5) is 0 Å². The molecular formula is C43H66O13. The third-order valence-corrected chi connectivity index (χ3v) is 11.2. The molecule has 2 rings (SSSR count). The number of aliphatic carboxylic acids is 1. The predicted octanol–water partition coefficient (Wildman–Crippen LogP) is 5.19. The Balaban J connectivity index is 2.61. The molecule has 14 atom stereocenters. The standard InChI is InChI=1S/C43H66O13/c1-12-15-32-28(7)35(54-37(46)19-18-36(44)45)23-43(51,56-32)30(9)40(49)29(8)41-33(52-10)17-14-16-24(3)20-26(5)38(47)31(13-2)39(48)27(6)21-25(4)22-34(53-11)42(50)55-41/h12,14-19,21-22,26-33,35,38-41,47-49,51H,13,20,23H2,1-11H3,(H,44,45)/b15-12+,17-14?,19-18+,24-16+,25-21+,34-22-/t26-,27-,28-,29+,30+,31?,32-,33+,35-,38+,39-,40-,41?,43-/m1/s1. The number of carboxylic acids is 1. The minimum Gasteiger partial charge on any atom is -0.490 e. The fraction of sp³-hybridized carbons (Fsp3) is 0.651. The number of allylic oxidation sites excluding steroid dienone is 6. The zero-order valence-electron chi connectivity index (χ0n) is 34.8. The van der Waals surface area contributed by atoms with E-state index in [0.29, 0.717) is 24.5 Å². The van der Waals surface area contributed by atoms with Crippen LogP contribution >= 0.6 is 0 Å². The lowest BCUT2D eigenvalue weighted by Gasteiger charge is -2.48. The van der Waals surface area contributed by atoms with Crippen molar-refractivity contribution in [1.82, 2.24) is 0 Å². The highest BCUT2D eigenvalue weighted by Gasteiger charge is 2.52. The van der Waals surface area contributed by atoms with Crippen LogP contribution in [0, 0.1) is 35.5 Å². The molecule has 0 aromatic rings. The van der Waals surface area contributed by atoms with Crippen LogP contribution in [0.3, 0.4) is 0 Å². The van der Waals surface area contributed by atoms with E-state index < -0.39 is 84.2 Å². The van der Waals surface area contributed by atoms with Crippen molar-refractivity contribution in [3.05, 3.63) is 71.6 Å². The van der Waals surface area contributed by atoms with Crippen LogP contribution in [0.5, 0.6) is 0 Å². The van der Waals surface area contributed by atoms with Gasteiger partial charge in [0.15, 0.2) is 5.79 Å². The van der Waals surface area contributed by atoms with Crippen LogP contribution in [0.2, 0.25) is 0 Å². The number of aliphatic hydroxyl groups is 4. The normalized spacial score (nSPS) is 37.4. The van der Waals surface area contributed by atoms with Gasteiger partial charge in [-0.05, 0) is 45.6 Å². The molecule has 0 amide bonds. The van der Waals surface area contributed by atoms with Gasteiger partial charge < -0.3 is 49.2 Å². The molecule has 2 aliphatic rings. The maximum absolute atomic E-state index is 13.8. The highest BCUT2D eigenvalue weighted by atomic mass is 16.6. The summed E-state index contributed by atoms with van der Waals surface area (Å²) >= 11 is 0. The monoisotopic (exact) mass is 790 g/mol. The number of hydrogen-bond acceptors (Lipinski definition) is 12. The Bertz CT molecular complexity index is 1490. The minimum absolute atomic E-state index is 0.143. The van der Waals surface area contributed by atoms with Gasteiger partial charge in [0.25, 0.3) is 0 Å². The lowest BCUT2D eigenvalue weighted by atomic mass is 9.77. The molecule has 2 heterocycles. The fourth-order valence-electron chi connectivity index (χ4n) is 7.64. The molecule has 5 N–H and O–H groups in total. The second-order valence-corrected chi connectivity index (χ2v) is 15.5. The molecule has 0 spiro atoms. The number of carboxylic acid groups (broad SMARTS) is 1. The lowest BCUT2D eigenvalue weighted by molar-refractivity contribution is -0.314. The van der Waals surface area contributed by atoms with Gasteiger partial charge in [-0.25, -0.2) is 14.4 Å². The highest BCUT2D eigenvalue weighted by molar-refractivity contribution is 5.90. The summed E-state index contributed by atoms with van der Waals surface area (Å²) < 4.78 is 29.2. The van der Waals surface area contributed by atoms with E-state index in [-0.39, 0.29) is 29.9 Å². The quantitative estimate of drug-likeness (QED) is 0.104. The van der Waals surface area contributed by atoms with E-state index in [1.165, 1.54) is 20.3 Å². The number of ether oxygens (including phenoxy) is 5. The first-order valence-electron chi connectivity index (χ1n) is 19.5. The van der Waals surface area contributed by atoms with E-state index in [2.05, 4.69) is 0 Å². The van der Waals surface area contributed by atoms with E-state index in [0.717, 1.165) is 11.6 Å². The predicted molar refractivity (Wildman–Crippen MR) is 211 cm³/mol. The first-order chi connectivity index (χ1) is 26.2. The Kier molecular flexibility index (Phi) is 19.4. The maximum atomic E-state index is 13.8. The Morgan fingerprint density at radius 3 is 2.32 bits per heavy atom. The molecule has 1 saturated heterocycles. The third kappa shape index (κ3) is 13.2. The third-order valence-electron chi connectivity index (χ3n) is 11.2. The number of carbonyl (C=O) groups is 3. The van der Waals surface area contributed by atoms with Crippen molar-refractivity contribution in [2.45, 2.75) is 130 Å². The van der Waals surface area contributed by atoms with Crippen LogP contribution in [0.25, 0.3) is 0 Å². The van der Waals surface area contributed by atoms with Crippen LogP contribution in [-0.2, 0) is 38.1 Å². The van der Waals surface area contributed by atoms with Gasteiger partial charge in [0.2, 0.25) is 5.76 Å². The summed E-state index contributed by atoms with van der Waals surface area (Å²) in [6.45, 7) is 16.2. The minimum atomic E-state index is -2.05. The molecule has 316 valence electrons.